The summed E-state index contributed by atoms with van der Waals surface area (Å²) < 4.78 is 9.77. The molecule has 0 atom stereocenters. The molecule has 0 bridgehead atoms. The summed E-state index contributed by atoms with van der Waals surface area (Å²) in [4.78, 5) is 9.09. The van der Waals surface area contributed by atoms with Crippen LogP contribution in [0.2, 0.25) is 17.3 Å². The van der Waals surface area contributed by atoms with Gasteiger partial charge in [-0.05, 0) is 33.8 Å². The third-order valence-corrected chi connectivity index (χ3v) is 12.2. The Hall–Kier alpha value is -3.63. The number of aromatic nitrogens is 2. The Morgan fingerprint density at radius 2 is 1.27 bits per heavy atom. The first-order valence-corrected chi connectivity index (χ1v) is 22.1. The van der Waals surface area contributed by atoms with Gasteiger partial charge in [-0.2, -0.15) is 0 Å². The maximum absolute atomic E-state index is 8.32. The first kappa shape index (κ1) is 30.4. The number of nitrogens with zero attached hydrogens (tertiary/aromatic N) is 2. The Labute approximate surface area is 278 Å². The Balaban J connectivity index is 0.000000202. The molecule has 0 saturated heterocycles. The molecule has 5 aromatic carbocycles. The second kappa shape index (κ2) is 13.6. The number of hydrogen-bond acceptors (Lipinski definition) is 2. The quantitative estimate of drug-likeness (QED) is 0.101. The van der Waals surface area contributed by atoms with E-state index in [0.29, 0.717) is 0 Å². The van der Waals surface area contributed by atoms with Gasteiger partial charge in [-0.3, -0.25) is 0 Å². The van der Waals surface area contributed by atoms with E-state index >= 15 is 0 Å². The van der Waals surface area contributed by atoms with Gasteiger partial charge < -0.3 is 4.98 Å². The van der Waals surface area contributed by atoms with Crippen molar-refractivity contribution in [2.75, 3.05) is 0 Å². The van der Waals surface area contributed by atoms with E-state index in [-0.39, 0.29) is 20.1 Å². The van der Waals surface area contributed by atoms with E-state index in [1.165, 1.54) is 36.7 Å². The van der Waals surface area contributed by atoms with E-state index < -0.39 is 19.2 Å². The standard InChI is InChI=1S/C26H20N.C14H16GeN.Ir/c1-17(2)18-13-14-27-26(16-18)19-11-12-24-22-9-4-3-7-20(22)21-8-5-6-10-23(21)25(24)15-19;1-15(2,3)13-9-10-14(16-11-13)12-7-5-4-6-8-12;/h3-10,12-17H,1-2H3;4-7,9-11H,1-3H3;/q2*-1;/i17D;;. The van der Waals surface area contributed by atoms with Gasteiger partial charge in [0.1, 0.15) is 0 Å². The predicted octanol–water partition coefficient (Wildman–Crippen LogP) is 10.2. The molecular formula is C40H36GeIrN2-2. The molecule has 0 aliphatic carbocycles. The first-order valence-electron chi connectivity index (χ1n) is 15.2. The van der Waals surface area contributed by atoms with Crippen LogP contribution in [0.3, 0.4) is 0 Å². The molecule has 0 N–H and O–H groups in total. The van der Waals surface area contributed by atoms with Crippen molar-refractivity contribution in [3.63, 3.8) is 0 Å². The Kier molecular flexibility index (Phi) is 9.37. The monoisotopic (exact) mass is 812 g/mol. The molecule has 7 aromatic rings. The summed E-state index contributed by atoms with van der Waals surface area (Å²) >= 11 is -1.72. The molecule has 0 amide bonds. The van der Waals surface area contributed by atoms with Gasteiger partial charge in [0.25, 0.3) is 0 Å². The average molecular weight is 811 g/mol. The molecule has 4 heteroatoms. The zero-order valence-electron chi connectivity index (χ0n) is 26.8. The van der Waals surface area contributed by atoms with Crippen LogP contribution in [0.4, 0.5) is 0 Å². The van der Waals surface area contributed by atoms with Crippen molar-refractivity contribution < 1.29 is 21.5 Å². The van der Waals surface area contributed by atoms with Gasteiger partial charge in [-0.25, -0.2) is 0 Å². The zero-order valence-corrected chi connectivity index (χ0v) is 30.3. The third-order valence-electron chi connectivity index (χ3n) is 7.90. The van der Waals surface area contributed by atoms with Crippen molar-refractivity contribution in [1.29, 1.82) is 0 Å². The van der Waals surface area contributed by atoms with E-state index in [9.17, 15) is 0 Å². The van der Waals surface area contributed by atoms with Crippen LogP contribution in [-0.4, -0.2) is 23.2 Å². The van der Waals surface area contributed by atoms with Crippen molar-refractivity contribution in [1.82, 2.24) is 9.97 Å². The minimum absolute atomic E-state index is 0. The molecule has 0 unspecified atom stereocenters. The number of pyridine rings is 2. The van der Waals surface area contributed by atoms with E-state index in [1.807, 2.05) is 56.4 Å². The first-order chi connectivity index (χ1) is 21.1. The molecule has 7 rings (SSSR count). The fraction of sp³-hybridized carbons (Fsp3) is 0.150. The van der Waals surface area contributed by atoms with E-state index in [1.54, 1.807) is 6.20 Å². The number of rotatable bonds is 4. The number of fused-ring (bicyclic) bond motifs is 6. The van der Waals surface area contributed by atoms with Gasteiger partial charge in [0, 0.05) is 27.7 Å². The summed E-state index contributed by atoms with van der Waals surface area (Å²) in [6.45, 7) is 3.80. The van der Waals surface area contributed by atoms with Crippen molar-refractivity contribution in [2.45, 2.75) is 37.0 Å². The van der Waals surface area contributed by atoms with Crippen LogP contribution in [-0.2, 0) is 20.1 Å². The molecule has 0 fully saturated rings. The maximum Gasteiger partial charge on any atom is 0 e. The third kappa shape index (κ3) is 6.71. The van der Waals surface area contributed by atoms with E-state index in [0.717, 1.165) is 28.1 Å². The summed E-state index contributed by atoms with van der Waals surface area (Å²) in [5.74, 6) is 6.49. The Morgan fingerprint density at radius 1 is 0.636 bits per heavy atom. The van der Waals surface area contributed by atoms with Crippen LogP contribution in [0, 0.1) is 12.1 Å². The SMILES string of the molecule is [2H]C(C)(C)c1ccnc(-c2[c-]cc3c4ccccc4c4ccccc4c3c2)c1.[CH3][Ge]([CH3])([CH3])[c]1ccc(-c2[c-]cccc2)nc1.[Ir]. The maximum atomic E-state index is 8.32. The molecule has 44 heavy (non-hydrogen) atoms. The van der Waals surface area contributed by atoms with Gasteiger partial charge in [0.15, 0.2) is 0 Å². The Morgan fingerprint density at radius 3 is 1.84 bits per heavy atom. The van der Waals surface area contributed by atoms with Crippen molar-refractivity contribution in [2.24, 2.45) is 0 Å². The van der Waals surface area contributed by atoms with Crippen LogP contribution in [0.15, 0.2) is 122 Å². The fourth-order valence-corrected chi connectivity index (χ4v) is 7.60. The molecule has 0 spiro atoms. The summed E-state index contributed by atoms with van der Waals surface area (Å²) in [6.07, 6.45) is 3.83. The largest absolute Gasteiger partial charge is 0 e. The van der Waals surface area contributed by atoms with Crippen LogP contribution < -0.4 is 4.40 Å². The second-order valence-corrected chi connectivity index (χ2v) is 22.8. The molecule has 2 heterocycles. The molecular weight excluding hydrogens is 773 g/mol. The van der Waals surface area contributed by atoms with Gasteiger partial charge in [0.05, 0.1) is 0 Å². The fourth-order valence-electron chi connectivity index (χ4n) is 5.43. The Bertz CT molecular complexity index is 2040. The van der Waals surface area contributed by atoms with Crippen LogP contribution in [0.5, 0.6) is 0 Å². The summed E-state index contributed by atoms with van der Waals surface area (Å²) in [6, 6.07) is 44.2. The molecule has 1 radical (unpaired) electrons. The predicted molar refractivity (Wildman–Crippen MR) is 187 cm³/mol. The van der Waals surface area contributed by atoms with Gasteiger partial charge in [-0.15, -0.1) is 23.8 Å². The topological polar surface area (TPSA) is 25.8 Å². The average Bonchev–Trinajstić information content (AvgIpc) is 3.05. The van der Waals surface area contributed by atoms with Crippen molar-refractivity contribution in [3.8, 4) is 22.5 Å². The normalized spacial score (nSPS) is 11.9. The second-order valence-electron chi connectivity index (χ2n) is 12.2. The minimum atomic E-state index is -1.72. The summed E-state index contributed by atoms with van der Waals surface area (Å²) in [5.41, 5.74) is 4.84. The molecule has 2 nitrogen and oxygen atoms in total. The molecule has 2 aromatic heterocycles. The minimum Gasteiger partial charge on any atom is 0 e. The van der Waals surface area contributed by atoms with Crippen LogP contribution in [0.25, 0.3) is 54.8 Å². The smallest absolute Gasteiger partial charge is 0 e. The van der Waals surface area contributed by atoms with Gasteiger partial charge >= 0.3 is 99.8 Å². The van der Waals surface area contributed by atoms with E-state index in [4.69, 9.17) is 1.37 Å². The summed E-state index contributed by atoms with van der Waals surface area (Å²) in [5, 5.41) is 7.42. The van der Waals surface area contributed by atoms with Crippen molar-refractivity contribution in [3.05, 3.63) is 139 Å². The zero-order chi connectivity index (χ0) is 30.9. The molecule has 0 aliphatic heterocycles. The number of hydrogen-bond donors (Lipinski definition) is 0. The van der Waals surface area contributed by atoms with Crippen molar-refractivity contribution >= 4 is 50.0 Å². The van der Waals surface area contributed by atoms with Gasteiger partial charge in [0.2, 0.25) is 0 Å². The summed E-state index contributed by atoms with van der Waals surface area (Å²) in [7, 11) is 0. The number of benzene rings is 5. The van der Waals surface area contributed by atoms with Crippen LogP contribution in [0.1, 0.15) is 26.7 Å². The van der Waals surface area contributed by atoms with E-state index in [2.05, 4.69) is 112 Å². The molecule has 0 aliphatic rings. The molecule has 0 saturated carbocycles. The van der Waals surface area contributed by atoms with Crippen LogP contribution >= 0.6 is 0 Å². The van der Waals surface area contributed by atoms with Gasteiger partial charge in [-0.1, -0.05) is 90.2 Å². The molecule has 221 valence electrons.